The first-order valence-electron chi connectivity index (χ1n) is 7.75. The van der Waals surface area contributed by atoms with E-state index < -0.39 is 6.04 Å². The summed E-state index contributed by atoms with van der Waals surface area (Å²) in [5, 5.41) is 2.85. The first kappa shape index (κ1) is 15.5. The van der Waals surface area contributed by atoms with Crippen molar-refractivity contribution in [3.05, 3.63) is 35.9 Å². The Hall–Kier alpha value is -1.84. The van der Waals surface area contributed by atoms with Gasteiger partial charge in [-0.3, -0.25) is 9.59 Å². The Morgan fingerprint density at radius 3 is 2.67 bits per heavy atom. The molecule has 4 heteroatoms. The first-order valence-corrected chi connectivity index (χ1v) is 7.75. The number of nitrogens with zero attached hydrogens (tertiary/aromatic N) is 1. The summed E-state index contributed by atoms with van der Waals surface area (Å²) < 4.78 is 0. The number of carbonyl (C=O) groups is 2. The maximum absolute atomic E-state index is 12.7. The van der Waals surface area contributed by atoms with Crippen molar-refractivity contribution in [3.63, 3.8) is 0 Å². The van der Waals surface area contributed by atoms with Gasteiger partial charge in [0.15, 0.2) is 0 Å². The highest BCUT2D eigenvalue weighted by atomic mass is 16.2. The summed E-state index contributed by atoms with van der Waals surface area (Å²) in [6, 6.07) is 8.93. The Labute approximate surface area is 126 Å². The van der Waals surface area contributed by atoms with Crippen LogP contribution in [0.5, 0.6) is 0 Å². The number of hydrogen-bond donors (Lipinski definition) is 1. The van der Waals surface area contributed by atoms with Gasteiger partial charge in [-0.25, -0.2) is 0 Å². The molecule has 0 aliphatic carbocycles. The van der Waals surface area contributed by atoms with E-state index in [1.54, 1.807) is 0 Å². The molecule has 1 aromatic rings. The van der Waals surface area contributed by atoms with Crippen LogP contribution in [-0.2, 0) is 9.59 Å². The molecule has 4 nitrogen and oxygen atoms in total. The molecule has 1 saturated heterocycles. The fraction of sp³-hybridized carbons (Fsp3) is 0.529. The van der Waals surface area contributed by atoms with Gasteiger partial charge < -0.3 is 10.2 Å². The fourth-order valence-electron chi connectivity index (χ4n) is 2.84. The molecule has 114 valence electrons. The normalized spacial score (nSPS) is 20.9. The molecule has 0 saturated carbocycles. The van der Waals surface area contributed by atoms with Crippen molar-refractivity contribution in [2.24, 2.45) is 5.92 Å². The number of amides is 2. The summed E-state index contributed by atoms with van der Waals surface area (Å²) in [5.41, 5.74) is 0.853. The summed E-state index contributed by atoms with van der Waals surface area (Å²) in [5.74, 6) is 0.418. The standard InChI is InChI=1S/C17H24N2O2/c1-3-7-13(2)12-19-11-10-15(20)18-16(17(19)21)14-8-5-4-6-9-14/h4-6,8-9,13,16H,3,7,10-12H2,1-2H3,(H,18,20). The van der Waals surface area contributed by atoms with E-state index in [2.05, 4.69) is 19.2 Å². The number of benzene rings is 1. The van der Waals surface area contributed by atoms with Crippen LogP contribution in [0.4, 0.5) is 0 Å². The molecule has 2 unspecified atom stereocenters. The summed E-state index contributed by atoms with van der Waals surface area (Å²) >= 11 is 0. The van der Waals surface area contributed by atoms with Gasteiger partial charge in [0.1, 0.15) is 6.04 Å². The SMILES string of the molecule is CCCC(C)CN1CCC(=O)NC(c2ccccc2)C1=O. The minimum absolute atomic E-state index is 0.00926. The van der Waals surface area contributed by atoms with Crippen LogP contribution >= 0.6 is 0 Å². The van der Waals surface area contributed by atoms with Gasteiger partial charge >= 0.3 is 0 Å². The van der Waals surface area contributed by atoms with E-state index in [9.17, 15) is 9.59 Å². The van der Waals surface area contributed by atoms with Gasteiger partial charge in [-0.15, -0.1) is 0 Å². The fourth-order valence-corrected chi connectivity index (χ4v) is 2.84. The van der Waals surface area contributed by atoms with Gasteiger partial charge in [0.05, 0.1) is 0 Å². The molecule has 1 aliphatic heterocycles. The van der Waals surface area contributed by atoms with Gasteiger partial charge in [-0.1, -0.05) is 50.6 Å². The van der Waals surface area contributed by atoms with Crippen molar-refractivity contribution in [3.8, 4) is 0 Å². The van der Waals surface area contributed by atoms with E-state index in [0.717, 1.165) is 24.9 Å². The molecule has 0 radical (unpaired) electrons. The molecular formula is C17H24N2O2. The molecule has 0 bridgehead atoms. The van der Waals surface area contributed by atoms with Crippen LogP contribution in [0, 0.1) is 5.92 Å². The van der Waals surface area contributed by atoms with Gasteiger partial charge in [0.25, 0.3) is 0 Å². The van der Waals surface area contributed by atoms with Crippen LogP contribution in [-0.4, -0.2) is 29.8 Å². The second kappa shape index (κ2) is 7.25. The van der Waals surface area contributed by atoms with E-state index in [1.165, 1.54) is 0 Å². The zero-order valence-corrected chi connectivity index (χ0v) is 12.8. The average molecular weight is 288 g/mol. The van der Waals surface area contributed by atoms with Crippen LogP contribution in [0.25, 0.3) is 0 Å². The summed E-state index contributed by atoms with van der Waals surface area (Å²) in [4.78, 5) is 26.5. The Kier molecular flexibility index (Phi) is 5.37. The third kappa shape index (κ3) is 4.06. The van der Waals surface area contributed by atoms with Crippen LogP contribution in [0.3, 0.4) is 0 Å². The number of hydrogen-bond acceptors (Lipinski definition) is 2. The number of carbonyl (C=O) groups excluding carboxylic acids is 2. The lowest BCUT2D eigenvalue weighted by Crippen LogP contribution is -2.40. The number of nitrogens with one attached hydrogen (secondary N) is 1. The smallest absolute Gasteiger partial charge is 0.249 e. The Morgan fingerprint density at radius 2 is 2.00 bits per heavy atom. The zero-order valence-electron chi connectivity index (χ0n) is 12.8. The quantitative estimate of drug-likeness (QED) is 0.905. The third-order valence-electron chi connectivity index (χ3n) is 3.92. The van der Waals surface area contributed by atoms with Gasteiger partial charge in [0.2, 0.25) is 11.8 Å². The van der Waals surface area contributed by atoms with Gasteiger partial charge in [0, 0.05) is 19.5 Å². The molecule has 1 fully saturated rings. The van der Waals surface area contributed by atoms with Crippen molar-refractivity contribution in [2.75, 3.05) is 13.1 Å². The molecule has 1 N–H and O–H groups in total. The zero-order chi connectivity index (χ0) is 15.2. The average Bonchev–Trinajstić information content (AvgIpc) is 2.62. The van der Waals surface area contributed by atoms with Crippen LogP contribution in [0.1, 0.15) is 44.7 Å². The highest BCUT2D eigenvalue weighted by molar-refractivity contribution is 5.90. The van der Waals surface area contributed by atoms with Crippen molar-refractivity contribution >= 4 is 11.8 Å². The monoisotopic (exact) mass is 288 g/mol. The molecule has 0 spiro atoms. The Bertz CT molecular complexity index is 487. The second-order valence-corrected chi connectivity index (χ2v) is 5.84. The predicted molar refractivity (Wildman–Crippen MR) is 82.6 cm³/mol. The van der Waals surface area contributed by atoms with Crippen LogP contribution in [0.15, 0.2) is 30.3 Å². The van der Waals surface area contributed by atoms with E-state index >= 15 is 0 Å². The largest absolute Gasteiger partial charge is 0.340 e. The molecule has 1 heterocycles. The molecule has 1 aromatic carbocycles. The van der Waals surface area contributed by atoms with Crippen molar-refractivity contribution in [1.82, 2.24) is 10.2 Å². The lowest BCUT2D eigenvalue weighted by molar-refractivity contribution is -0.134. The first-order chi connectivity index (χ1) is 10.1. The third-order valence-corrected chi connectivity index (χ3v) is 3.92. The van der Waals surface area contributed by atoms with Crippen molar-refractivity contribution < 1.29 is 9.59 Å². The predicted octanol–water partition coefficient (Wildman–Crippen LogP) is 2.51. The van der Waals surface area contributed by atoms with Crippen LogP contribution in [0.2, 0.25) is 0 Å². The van der Waals surface area contributed by atoms with Gasteiger partial charge in [-0.2, -0.15) is 0 Å². The topological polar surface area (TPSA) is 49.4 Å². The molecule has 2 rings (SSSR count). The summed E-state index contributed by atoms with van der Waals surface area (Å²) in [6.07, 6.45) is 2.59. The van der Waals surface area contributed by atoms with Crippen molar-refractivity contribution in [1.29, 1.82) is 0 Å². The molecule has 1 aliphatic rings. The van der Waals surface area contributed by atoms with E-state index in [1.807, 2.05) is 35.2 Å². The van der Waals surface area contributed by atoms with E-state index in [4.69, 9.17) is 0 Å². The van der Waals surface area contributed by atoms with Gasteiger partial charge in [-0.05, 0) is 17.9 Å². The molecule has 21 heavy (non-hydrogen) atoms. The molecule has 0 aromatic heterocycles. The molecule has 2 atom stereocenters. The Morgan fingerprint density at radius 1 is 1.29 bits per heavy atom. The number of rotatable bonds is 5. The van der Waals surface area contributed by atoms with E-state index in [-0.39, 0.29) is 11.8 Å². The minimum atomic E-state index is -0.546. The second-order valence-electron chi connectivity index (χ2n) is 5.84. The van der Waals surface area contributed by atoms with Crippen LogP contribution < -0.4 is 5.32 Å². The highest BCUT2D eigenvalue weighted by Gasteiger charge is 2.31. The van der Waals surface area contributed by atoms with E-state index in [0.29, 0.717) is 18.9 Å². The maximum Gasteiger partial charge on any atom is 0.249 e. The molecular weight excluding hydrogens is 264 g/mol. The lowest BCUT2D eigenvalue weighted by atomic mass is 10.0. The highest BCUT2D eigenvalue weighted by Crippen LogP contribution is 2.20. The summed E-state index contributed by atoms with van der Waals surface area (Å²) in [7, 11) is 0. The Balaban J connectivity index is 2.16. The maximum atomic E-state index is 12.7. The molecule has 2 amide bonds. The lowest BCUT2D eigenvalue weighted by Gasteiger charge is -2.27. The summed E-state index contributed by atoms with van der Waals surface area (Å²) in [6.45, 7) is 5.56. The van der Waals surface area contributed by atoms with Crippen molar-refractivity contribution in [2.45, 2.75) is 39.2 Å². The minimum Gasteiger partial charge on any atom is -0.340 e.